The van der Waals surface area contributed by atoms with Crippen molar-refractivity contribution in [2.45, 2.75) is 38.7 Å². The fourth-order valence-corrected chi connectivity index (χ4v) is 3.97. The zero-order valence-electron chi connectivity index (χ0n) is 17.2. The van der Waals surface area contributed by atoms with Gasteiger partial charge in [-0.15, -0.1) is 0 Å². The number of hydrogen-bond donors (Lipinski definition) is 0. The third-order valence-corrected chi connectivity index (χ3v) is 5.82. The summed E-state index contributed by atoms with van der Waals surface area (Å²) in [6.07, 6.45) is 6.48. The summed E-state index contributed by atoms with van der Waals surface area (Å²) < 4.78 is 46.7. The summed E-state index contributed by atoms with van der Waals surface area (Å²) in [5, 5.41) is 16.8. The first-order valence-electron chi connectivity index (χ1n) is 10.3. The van der Waals surface area contributed by atoms with Gasteiger partial charge in [-0.2, -0.15) is 13.9 Å². The van der Waals surface area contributed by atoms with Crippen LogP contribution in [-0.2, 0) is 11.5 Å². The molecular weight excluding hydrogens is 419 g/mol. The molecule has 0 spiro atoms. The molecule has 2 heterocycles. The van der Waals surface area contributed by atoms with Crippen molar-refractivity contribution >= 4 is 10.9 Å². The maximum Gasteiger partial charge on any atom is 0.388 e. The van der Waals surface area contributed by atoms with Crippen LogP contribution < -0.4 is 4.74 Å². The average Bonchev–Trinajstić information content (AvgIpc) is 3.50. The maximum atomic E-state index is 14.2. The molecule has 0 aliphatic heterocycles. The topological polar surface area (TPSA) is 59.8 Å². The number of nitrogens with zero attached hydrogens (tertiary/aromatic N) is 3. The highest BCUT2D eigenvalue weighted by molar-refractivity contribution is 5.90. The van der Waals surface area contributed by atoms with Gasteiger partial charge in [0.15, 0.2) is 5.75 Å². The third-order valence-electron chi connectivity index (χ3n) is 5.82. The molecule has 0 bridgehead atoms. The Kier molecular flexibility index (Phi) is 5.00. The van der Waals surface area contributed by atoms with Gasteiger partial charge in [0.05, 0.1) is 17.3 Å². The lowest BCUT2D eigenvalue weighted by atomic mass is 9.97. The van der Waals surface area contributed by atoms with Crippen molar-refractivity contribution < 1.29 is 23.0 Å². The summed E-state index contributed by atoms with van der Waals surface area (Å²) >= 11 is 0. The second kappa shape index (κ2) is 7.85. The molecule has 32 heavy (non-hydrogen) atoms. The quantitative estimate of drug-likeness (QED) is 0.366. The Morgan fingerprint density at radius 3 is 2.59 bits per heavy atom. The second-order valence-electron chi connectivity index (χ2n) is 8.00. The van der Waals surface area contributed by atoms with E-state index in [-0.39, 0.29) is 23.2 Å². The molecule has 0 saturated heterocycles. The van der Waals surface area contributed by atoms with Crippen molar-refractivity contribution in [3.05, 3.63) is 76.9 Å². The van der Waals surface area contributed by atoms with Crippen molar-refractivity contribution in [2.24, 2.45) is 0 Å². The van der Waals surface area contributed by atoms with Gasteiger partial charge in [0, 0.05) is 18.2 Å². The molecule has 5 nitrogen and oxygen atoms in total. The monoisotopic (exact) mass is 438 g/mol. The number of fused-ring (bicyclic) bond motifs is 1. The number of alkyl halides is 2. The highest BCUT2D eigenvalue weighted by Crippen LogP contribution is 2.40. The van der Waals surface area contributed by atoms with Gasteiger partial charge in [0.25, 0.3) is 0 Å². The molecule has 163 valence electrons. The maximum absolute atomic E-state index is 14.2. The second-order valence-corrected chi connectivity index (χ2v) is 8.00. The number of rotatable bonds is 6. The van der Waals surface area contributed by atoms with Gasteiger partial charge in [0.2, 0.25) is 5.88 Å². The van der Waals surface area contributed by atoms with Crippen LogP contribution in [0.25, 0.3) is 16.6 Å². The van der Waals surface area contributed by atoms with E-state index in [1.165, 1.54) is 18.4 Å². The van der Waals surface area contributed by atoms with Crippen LogP contribution >= 0.6 is 0 Å². The summed E-state index contributed by atoms with van der Waals surface area (Å²) in [4.78, 5) is 3.93. The van der Waals surface area contributed by atoms with Gasteiger partial charge in [-0.1, -0.05) is 12.1 Å². The van der Waals surface area contributed by atoms with Crippen LogP contribution in [0.3, 0.4) is 0 Å². The molecule has 2 aromatic heterocycles. The third kappa shape index (κ3) is 3.77. The van der Waals surface area contributed by atoms with E-state index in [4.69, 9.17) is 0 Å². The molecule has 0 N–H and O–H groups in total. The van der Waals surface area contributed by atoms with E-state index in [0.29, 0.717) is 17.0 Å². The largest absolute Gasteiger partial charge is 0.417 e. The average molecular weight is 438 g/mol. The zero-order chi connectivity index (χ0) is 22.4. The Balaban J connectivity index is 1.50. The number of ether oxygens (including phenoxy) is 1. The fourth-order valence-electron chi connectivity index (χ4n) is 3.97. The van der Waals surface area contributed by atoms with E-state index in [2.05, 4.69) is 14.8 Å². The number of aromatic nitrogens is 3. The lowest BCUT2D eigenvalue weighted by Crippen LogP contribution is -2.09. The van der Waals surface area contributed by atoms with Crippen LogP contribution in [0.15, 0.2) is 48.8 Å². The van der Waals surface area contributed by atoms with Crippen molar-refractivity contribution in [1.29, 1.82) is 0 Å². The van der Waals surface area contributed by atoms with Gasteiger partial charge in [-0.05, 0) is 66.6 Å². The molecule has 5 rings (SSSR count). The Labute approximate surface area is 182 Å². The van der Waals surface area contributed by atoms with Crippen molar-refractivity contribution in [3.63, 3.8) is 0 Å². The zero-order valence-corrected chi connectivity index (χ0v) is 17.2. The minimum Gasteiger partial charge on any atom is -0.417 e. The number of benzene rings is 2. The summed E-state index contributed by atoms with van der Waals surface area (Å²) in [7, 11) is 0. The molecule has 0 amide bonds. The van der Waals surface area contributed by atoms with Crippen LogP contribution in [0.5, 0.6) is 11.6 Å². The van der Waals surface area contributed by atoms with Gasteiger partial charge in [-0.3, -0.25) is 5.11 Å². The van der Waals surface area contributed by atoms with E-state index >= 15 is 0 Å². The molecule has 1 fully saturated rings. The standard InChI is InChI=1S/C24H19F3N3O2/c1-13-18(23(32-24(26)27)29-22-19(25)8-9-20(31)21(13)22)10-14-2-6-17(7-3-14)30-12-16(11-28-30)15-4-5-15/h2-3,6-9,11-12,15,24H,4-5,10H2,1H3. The first-order valence-corrected chi connectivity index (χ1v) is 10.3. The van der Waals surface area contributed by atoms with Crippen molar-refractivity contribution in [2.75, 3.05) is 0 Å². The predicted octanol–water partition coefficient (Wildman–Crippen LogP) is 6.08. The predicted molar refractivity (Wildman–Crippen MR) is 112 cm³/mol. The first-order chi connectivity index (χ1) is 15.4. The molecule has 8 heteroatoms. The van der Waals surface area contributed by atoms with Crippen LogP contribution in [0.1, 0.15) is 41.0 Å². The lowest BCUT2D eigenvalue weighted by molar-refractivity contribution is -0.0532. The molecule has 1 radical (unpaired) electrons. The molecular formula is C24H19F3N3O2. The Morgan fingerprint density at radius 2 is 1.91 bits per heavy atom. The van der Waals surface area contributed by atoms with Gasteiger partial charge in [0.1, 0.15) is 11.3 Å². The van der Waals surface area contributed by atoms with Crippen LogP contribution in [-0.4, -0.2) is 21.4 Å². The van der Waals surface area contributed by atoms with Crippen molar-refractivity contribution in [1.82, 2.24) is 14.8 Å². The Morgan fingerprint density at radius 1 is 1.16 bits per heavy atom. The van der Waals surface area contributed by atoms with Crippen LogP contribution in [0.4, 0.5) is 13.2 Å². The number of aryl methyl sites for hydroxylation is 1. The van der Waals surface area contributed by atoms with E-state index in [1.54, 1.807) is 11.6 Å². The van der Waals surface area contributed by atoms with E-state index < -0.39 is 18.2 Å². The summed E-state index contributed by atoms with van der Waals surface area (Å²) in [5.74, 6) is -0.950. The molecule has 2 aromatic carbocycles. The molecule has 1 aliphatic carbocycles. The van der Waals surface area contributed by atoms with Gasteiger partial charge in [-0.25, -0.2) is 14.1 Å². The first kappa shape index (κ1) is 20.4. The van der Waals surface area contributed by atoms with Crippen LogP contribution in [0.2, 0.25) is 0 Å². The normalized spacial score (nSPS) is 13.8. The molecule has 1 aliphatic rings. The van der Waals surface area contributed by atoms with Crippen molar-refractivity contribution in [3.8, 4) is 17.3 Å². The molecule has 0 unspecified atom stereocenters. The number of pyridine rings is 1. The summed E-state index contributed by atoms with van der Waals surface area (Å²) in [5.41, 5.74) is 3.33. The summed E-state index contributed by atoms with van der Waals surface area (Å²) in [6, 6.07) is 9.56. The molecule has 0 atom stereocenters. The van der Waals surface area contributed by atoms with E-state index in [1.807, 2.05) is 36.7 Å². The number of halogens is 3. The number of hydrogen-bond acceptors (Lipinski definition) is 3. The molecule has 1 saturated carbocycles. The minimum absolute atomic E-state index is 0.0717. The van der Waals surface area contributed by atoms with E-state index in [0.717, 1.165) is 23.4 Å². The Bertz CT molecular complexity index is 1300. The minimum atomic E-state index is -3.13. The van der Waals surface area contributed by atoms with E-state index in [9.17, 15) is 18.3 Å². The van der Waals surface area contributed by atoms with Crippen LogP contribution in [0, 0.1) is 12.7 Å². The van der Waals surface area contributed by atoms with Gasteiger partial charge < -0.3 is 4.74 Å². The Hall–Kier alpha value is -3.55. The summed E-state index contributed by atoms with van der Waals surface area (Å²) in [6.45, 7) is -1.53. The lowest BCUT2D eigenvalue weighted by Gasteiger charge is -2.16. The smallest absolute Gasteiger partial charge is 0.388 e. The SMILES string of the molecule is Cc1c(Cc2ccc(-n3cc(C4CC4)cn3)cc2)c(OC(F)F)nc2c(F)ccc([O])c12. The van der Waals surface area contributed by atoms with Gasteiger partial charge >= 0.3 is 6.61 Å². The highest BCUT2D eigenvalue weighted by Gasteiger charge is 2.25. The highest BCUT2D eigenvalue weighted by atomic mass is 19.3. The molecule has 4 aromatic rings. The fraction of sp³-hybridized carbons (Fsp3) is 0.250.